The Morgan fingerprint density at radius 1 is 1.25 bits per heavy atom. The molecule has 2 rings (SSSR count). The van der Waals surface area contributed by atoms with E-state index in [0.717, 1.165) is 23.6 Å². The lowest BCUT2D eigenvalue weighted by Crippen LogP contribution is -2.26. The van der Waals surface area contributed by atoms with E-state index in [4.69, 9.17) is 4.42 Å². The molecular weight excluding hydrogens is 253 g/mol. The zero-order chi connectivity index (χ0) is 14.5. The minimum Gasteiger partial charge on any atom is -0.457 e. The molecule has 1 unspecified atom stereocenters. The van der Waals surface area contributed by atoms with Gasteiger partial charge in [0, 0.05) is 11.6 Å². The highest BCUT2D eigenvalue weighted by Gasteiger charge is 2.06. The molecule has 0 amide bonds. The van der Waals surface area contributed by atoms with Crippen molar-refractivity contribution in [3.63, 3.8) is 0 Å². The van der Waals surface area contributed by atoms with Gasteiger partial charge in [0.05, 0.1) is 0 Å². The summed E-state index contributed by atoms with van der Waals surface area (Å²) in [5, 5.41) is 3.36. The lowest BCUT2D eigenvalue weighted by molar-refractivity contribution is 0.568. The second kappa shape index (κ2) is 6.53. The summed E-state index contributed by atoms with van der Waals surface area (Å²) in [7, 11) is 0. The van der Waals surface area contributed by atoms with Crippen molar-refractivity contribution in [2.45, 2.75) is 26.8 Å². The van der Waals surface area contributed by atoms with Gasteiger partial charge in [-0.25, -0.2) is 4.39 Å². The number of hydrogen-bond donors (Lipinski definition) is 1. The van der Waals surface area contributed by atoms with E-state index >= 15 is 0 Å². The molecule has 20 heavy (non-hydrogen) atoms. The first-order valence-electron chi connectivity index (χ1n) is 6.87. The van der Waals surface area contributed by atoms with Crippen molar-refractivity contribution in [3.05, 3.63) is 53.5 Å². The summed E-state index contributed by atoms with van der Waals surface area (Å²) in [6.07, 6.45) is 2.03. The summed E-state index contributed by atoms with van der Waals surface area (Å²) in [4.78, 5) is 0. The smallest absolute Gasteiger partial charge is 0.134 e. The van der Waals surface area contributed by atoms with Crippen molar-refractivity contribution < 1.29 is 8.81 Å². The Hall–Kier alpha value is -1.87. The topological polar surface area (TPSA) is 25.2 Å². The molecule has 0 spiro atoms. The number of halogens is 1. The molecule has 3 heteroatoms. The van der Waals surface area contributed by atoms with Crippen LogP contribution in [0.4, 0.5) is 4.39 Å². The van der Waals surface area contributed by atoms with Gasteiger partial charge < -0.3 is 9.73 Å². The van der Waals surface area contributed by atoms with E-state index in [1.165, 1.54) is 17.7 Å². The summed E-state index contributed by atoms with van der Waals surface area (Å²) >= 11 is 0. The van der Waals surface area contributed by atoms with Crippen LogP contribution in [0.1, 0.15) is 26.5 Å². The van der Waals surface area contributed by atoms with Crippen LogP contribution < -0.4 is 5.32 Å². The first kappa shape index (κ1) is 14.5. The number of likely N-dealkylation sites (N-methyl/N-ethyl adjacent to an activating group) is 1. The van der Waals surface area contributed by atoms with E-state index in [0.29, 0.717) is 6.04 Å². The maximum absolute atomic E-state index is 12.9. The summed E-state index contributed by atoms with van der Waals surface area (Å²) < 4.78 is 18.7. The van der Waals surface area contributed by atoms with E-state index in [1.807, 2.05) is 18.2 Å². The van der Waals surface area contributed by atoms with Gasteiger partial charge in [-0.1, -0.05) is 12.5 Å². The van der Waals surface area contributed by atoms with E-state index in [9.17, 15) is 4.39 Å². The standard InChI is InChI=1S/C17H20FNO/c1-4-19-13(3)12(2)11-16-9-10-17(20-16)14-5-7-15(18)8-6-14/h5-11,13,19H,4H2,1-3H3/b12-11+. The fourth-order valence-electron chi connectivity index (χ4n) is 2.02. The SMILES string of the molecule is CCNC(C)/C(C)=C/c1ccc(-c2ccc(F)cc2)o1. The predicted octanol–water partition coefficient (Wildman–Crippen LogP) is 4.49. The molecule has 1 aromatic heterocycles. The van der Waals surface area contributed by atoms with E-state index in [2.05, 4.69) is 26.1 Å². The third kappa shape index (κ3) is 3.58. The molecule has 2 nitrogen and oxygen atoms in total. The maximum atomic E-state index is 12.9. The molecule has 1 aromatic carbocycles. The van der Waals surface area contributed by atoms with Gasteiger partial charge >= 0.3 is 0 Å². The Bertz CT molecular complexity index is 583. The minimum absolute atomic E-state index is 0.240. The van der Waals surface area contributed by atoms with Crippen LogP contribution in [0.2, 0.25) is 0 Å². The van der Waals surface area contributed by atoms with Crippen LogP contribution in [-0.4, -0.2) is 12.6 Å². The molecule has 1 N–H and O–H groups in total. The molecular formula is C17H20FNO. The monoisotopic (exact) mass is 273 g/mol. The molecule has 2 aromatic rings. The number of nitrogens with one attached hydrogen (secondary N) is 1. The largest absolute Gasteiger partial charge is 0.457 e. The Kier molecular flexibility index (Phi) is 4.74. The van der Waals surface area contributed by atoms with E-state index < -0.39 is 0 Å². The van der Waals surface area contributed by atoms with Crippen molar-refractivity contribution in [1.29, 1.82) is 0 Å². The lowest BCUT2D eigenvalue weighted by Gasteiger charge is -2.12. The second-order valence-electron chi connectivity index (χ2n) is 4.88. The first-order chi connectivity index (χ1) is 9.60. The van der Waals surface area contributed by atoms with Crippen LogP contribution >= 0.6 is 0 Å². The van der Waals surface area contributed by atoms with Gasteiger partial charge in [-0.3, -0.25) is 0 Å². The zero-order valence-corrected chi connectivity index (χ0v) is 12.1. The van der Waals surface area contributed by atoms with Crippen LogP contribution in [0, 0.1) is 5.82 Å². The molecule has 0 radical (unpaired) electrons. The van der Waals surface area contributed by atoms with Gasteiger partial charge in [0.1, 0.15) is 17.3 Å². The molecule has 0 bridgehead atoms. The maximum Gasteiger partial charge on any atom is 0.134 e. The highest BCUT2D eigenvalue weighted by molar-refractivity contribution is 5.60. The van der Waals surface area contributed by atoms with Crippen LogP contribution in [-0.2, 0) is 0 Å². The summed E-state index contributed by atoms with van der Waals surface area (Å²) in [5.41, 5.74) is 2.09. The van der Waals surface area contributed by atoms with Gasteiger partial charge in [-0.15, -0.1) is 0 Å². The van der Waals surface area contributed by atoms with Crippen molar-refractivity contribution in [1.82, 2.24) is 5.32 Å². The fourth-order valence-corrected chi connectivity index (χ4v) is 2.02. The molecule has 0 aliphatic heterocycles. The van der Waals surface area contributed by atoms with Crippen molar-refractivity contribution in [3.8, 4) is 11.3 Å². The lowest BCUT2D eigenvalue weighted by atomic mass is 10.1. The Labute approximate surface area is 119 Å². The van der Waals surface area contributed by atoms with Gasteiger partial charge in [-0.2, -0.15) is 0 Å². The Balaban J connectivity index is 2.16. The quantitative estimate of drug-likeness (QED) is 0.868. The van der Waals surface area contributed by atoms with Crippen molar-refractivity contribution in [2.24, 2.45) is 0 Å². The zero-order valence-electron chi connectivity index (χ0n) is 12.1. The van der Waals surface area contributed by atoms with Gasteiger partial charge in [0.25, 0.3) is 0 Å². The van der Waals surface area contributed by atoms with Gasteiger partial charge in [-0.05, 0) is 62.9 Å². The number of furan rings is 1. The van der Waals surface area contributed by atoms with E-state index in [1.54, 1.807) is 12.1 Å². The van der Waals surface area contributed by atoms with Crippen LogP contribution in [0.5, 0.6) is 0 Å². The minimum atomic E-state index is -0.240. The first-order valence-corrected chi connectivity index (χ1v) is 6.87. The van der Waals surface area contributed by atoms with E-state index in [-0.39, 0.29) is 5.82 Å². The number of rotatable bonds is 5. The highest BCUT2D eigenvalue weighted by atomic mass is 19.1. The molecule has 0 saturated heterocycles. The third-order valence-corrected chi connectivity index (χ3v) is 3.32. The number of hydrogen-bond acceptors (Lipinski definition) is 2. The van der Waals surface area contributed by atoms with Crippen LogP contribution in [0.15, 0.2) is 46.4 Å². The molecule has 1 atom stereocenters. The average Bonchev–Trinajstić information content (AvgIpc) is 2.88. The Morgan fingerprint density at radius 2 is 1.95 bits per heavy atom. The Morgan fingerprint density at radius 3 is 2.60 bits per heavy atom. The van der Waals surface area contributed by atoms with Crippen LogP contribution in [0.3, 0.4) is 0 Å². The molecule has 0 aliphatic rings. The van der Waals surface area contributed by atoms with Gasteiger partial charge in [0.15, 0.2) is 0 Å². The number of benzene rings is 1. The molecule has 0 saturated carbocycles. The predicted molar refractivity (Wildman–Crippen MR) is 80.9 cm³/mol. The molecule has 0 aliphatic carbocycles. The molecule has 106 valence electrons. The normalized spacial score (nSPS) is 13.5. The average molecular weight is 273 g/mol. The van der Waals surface area contributed by atoms with Crippen molar-refractivity contribution >= 4 is 6.08 Å². The molecule has 1 heterocycles. The highest BCUT2D eigenvalue weighted by Crippen LogP contribution is 2.23. The van der Waals surface area contributed by atoms with Crippen LogP contribution in [0.25, 0.3) is 17.4 Å². The second-order valence-corrected chi connectivity index (χ2v) is 4.88. The third-order valence-electron chi connectivity index (χ3n) is 3.32. The molecule has 0 fully saturated rings. The fraction of sp³-hybridized carbons (Fsp3) is 0.294. The van der Waals surface area contributed by atoms with Crippen molar-refractivity contribution in [2.75, 3.05) is 6.54 Å². The summed E-state index contributed by atoms with van der Waals surface area (Å²) in [6.45, 7) is 7.22. The summed E-state index contributed by atoms with van der Waals surface area (Å²) in [5.74, 6) is 1.32. The van der Waals surface area contributed by atoms with Gasteiger partial charge in [0.2, 0.25) is 0 Å². The summed E-state index contributed by atoms with van der Waals surface area (Å²) in [6, 6.07) is 10.5.